The van der Waals surface area contributed by atoms with Crippen LogP contribution in [0.15, 0.2) is 24.4 Å². The predicted octanol–water partition coefficient (Wildman–Crippen LogP) is 2.77. The zero-order chi connectivity index (χ0) is 11.0. The van der Waals surface area contributed by atoms with Crippen LogP contribution >= 0.6 is 0 Å². The van der Waals surface area contributed by atoms with E-state index in [-0.39, 0.29) is 5.69 Å². The highest BCUT2D eigenvalue weighted by atomic mass is 19.1. The minimum Gasteiger partial charge on any atom is -0.235 e. The van der Waals surface area contributed by atoms with E-state index in [0.29, 0.717) is 0 Å². The first-order valence-electron chi connectivity index (χ1n) is 4.56. The lowest BCUT2D eigenvalue weighted by molar-refractivity contribution is 0.585. The van der Waals surface area contributed by atoms with Crippen LogP contribution in [0, 0.1) is 25.5 Å². The van der Waals surface area contributed by atoms with Crippen LogP contribution in [0.2, 0.25) is 0 Å². The molecule has 0 fully saturated rings. The second kappa shape index (κ2) is 3.46. The van der Waals surface area contributed by atoms with E-state index in [2.05, 4.69) is 5.10 Å². The van der Waals surface area contributed by atoms with Crippen molar-refractivity contribution in [2.24, 2.45) is 0 Å². The molecule has 0 saturated heterocycles. The summed E-state index contributed by atoms with van der Waals surface area (Å²) >= 11 is 0. The van der Waals surface area contributed by atoms with E-state index >= 15 is 0 Å². The average molecular weight is 208 g/mol. The van der Waals surface area contributed by atoms with Gasteiger partial charge in [0.2, 0.25) is 0 Å². The third kappa shape index (κ3) is 1.63. The SMILES string of the molecule is Cc1cnn(-c2cc(F)ccc2F)c1C. The summed E-state index contributed by atoms with van der Waals surface area (Å²) < 4.78 is 27.8. The molecule has 0 aliphatic rings. The molecule has 2 rings (SSSR count). The van der Waals surface area contributed by atoms with Crippen molar-refractivity contribution in [3.8, 4) is 5.69 Å². The summed E-state index contributed by atoms with van der Waals surface area (Å²) in [6, 6.07) is 3.32. The Morgan fingerprint density at radius 3 is 2.53 bits per heavy atom. The highest BCUT2D eigenvalue weighted by Crippen LogP contribution is 2.17. The molecule has 1 aromatic heterocycles. The van der Waals surface area contributed by atoms with E-state index in [1.54, 1.807) is 6.20 Å². The fourth-order valence-electron chi connectivity index (χ4n) is 1.38. The molecule has 0 aliphatic heterocycles. The molecule has 0 spiro atoms. The quantitative estimate of drug-likeness (QED) is 0.704. The summed E-state index contributed by atoms with van der Waals surface area (Å²) in [6.45, 7) is 3.68. The van der Waals surface area contributed by atoms with Gasteiger partial charge in [0.15, 0.2) is 0 Å². The molecule has 0 saturated carbocycles. The summed E-state index contributed by atoms with van der Waals surface area (Å²) in [4.78, 5) is 0. The van der Waals surface area contributed by atoms with E-state index in [4.69, 9.17) is 0 Å². The number of benzene rings is 1. The molecule has 0 aliphatic carbocycles. The number of aryl methyl sites for hydroxylation is 1. The second-order valence-electron chi connectivity index (χ2n) is 3.42. The van der Waals surface area contributed by atoms with Crippen LogP contribution in [0.1, 0.15) is 11.3 Å². The first kappa shape index (κ1) is 9.83. The lowest BCUT2D eigenvalue weighted by Gasteiger charge is -2.05. The number of hydrogen-bond donors (Lipinski definition) is 0. The first-order chi connectivity index (χ1) is 7.09. The average Bonchev–Trinajstić information content (AvgIpc) is 2.52. The molecule has 0 radical (unpaired) electrons. The van der Waals surface area contributed by atoms with E-state index in [0.717, 1.165) is 29.5 Å². The lowest BCUT2D eigenvalue weighted by atomic mass is 10.2. The van der Waals surface area contributed by atoms with Gasteiger partial charge in [-0.1, -0.05) is 0 Å². The van der Waals surface area contributed by atoms with E-state index in [1.807, 2.05) is 13.8 Å². The van der Waals surface area contributed by atoms with Crippen LogP contribution in [0.5, 0.6) is 0 Å². The second-order valence-corrected chi connectivity index (χ2v) is 3.42. The highest BCUT2D eigenvalue weighted by molar-refractivity contribution is 5.36. The van der Waals surface area contributed by atoms with Gasteiger partial charge in [-0.3, -0.25) is 0 Å². The van der Waals surface area contributed by atoms with Crippen LogP contribution in [0.4, 0.5) is 8.78 Å². The van der Waals surface area contributed by atoms with Gasteiger partial charge in [0.1, 0.15) is 17.3 Å². The van der Waals surface area contributed by atoms with Crippen LogP contribution in [-0.2, 0) is 0 Å². The van der Waals surface area contributed by atoms with E-state index < -0.39 is 11.6 Å². The Morgan fingerprint density at radius 1 is 1.20 bits per heavy atom. The molecule has 0 N–H and O–H groups in total. The van der Waals surface area contributed by atoms with Gasteiger partial charge in [-0.2, -0.15) is 5.10 Å². The Morgan fingerprint density at radius 2 is 1.93 bits per heavy atom. The lowest BCUT2D eigenvalue weighted by Crippen LogP contribution is -2.02. The summed E-state index contributed by atoms with van der Waals surface area (Å²) in [7, 11) is 0. The molecule has 1 heterocycles. The van der Waals surface area contributed by atoms with Crippen LogP contribution in [0.25, 0.3) is 5.69 Å². The Kier molecular flexibility index (Phi) is 2.26. The van der Waals surface area contributed by atoms with Crippen LogP contribution in [0.3, 0.4) is 0 Å². The summed E-state index contributed by atoms with van der Waals surface area (Å²) in [5.74, 6) is -0.957. The number of hydrogen-bond acceptors (Lipinski definition) is 1. The van der Waals surface area contributed by atoms with Crippen molar-refractivity contribution in [1.82, 2.24) is 9.78 Å². The van der Waals surface area contributed by atoms with E-state index in [9.17, 15) is 8.78 Å². The number of halogens is 2. The third-order valence-electron chi connectivity index (χ3n) is 2.39. The van der Waals surface area contributed by atoms with Crippen molar-refractivity contribution in [2.75, 3.05) is 0 Å². The third-order valence-corrected chi connectivity index (χ3v) is 2.39. The van der Waals surface area contributed by atoms with Crippen molar-refractivity contribution >= 4 is 0 Å². The Balaban J connectivity index is 2.63. The van der Waals surface area contributed by atoms with Gasteiger partial charge in [0.05, 0.1) is 6.20 Å². The normalized spacial score (nSPS) is 10.7. The molecule has 2 aromatic rings. The van der Waals surface area contributed by atoms with Gasteiger partial charge in [-0.05, 0) is 31.5 Å². The molecular formula is C11H10F2N2. The molecule has 0 bridgehead atoms. The van der Waals surface area contributed by atoms with Crippen molar-refractivity contribution in [3.05, 3.63) is 47.3 Å². The molecule has 15 heavy (non-hydrogen) atoms. The molecular weight excluding hydrogens is 198 g/mol. The largest absolute Gasteiger partial charge is 0.235 e. The van der Waals surface area contributed by atoms with Gasteiger partial charge >= 0.3 is 0 Å². The number of aromatic nitrogens is 2. The standard InChI is InChI=1S/C11H10F2N2/c1-7-6-14-15(8(7)2)11-5-9(12)3-4-10(11)13/h3-6H,1-2H3. The molecule has 0 unspecified atom stereocenters. The van der Waals surface area contributed by atoms with Crippen LogP contribution < -0.4 is 0 Å². The zero-order valence-corrected chi connectivity index (χ0v) is 8.46. The monoisotopic (exact) mass is 208 g/mol. The zero-order valence-electron chi connectivity index (χ0n) is 8.46. The van der Waals surface area contributed by atoms with Crippen LogP contribution in [-0.4, -0.2) is 9.78 Å². The van der Waals surface area contributed by atoms with Gasteiger partial charge in [-0.25, -0.2) is 13.5 Å². The maximum atomic E-state index is 13.4. The fourth-order valence-corrected chi connectivity index (χ4v) is 1.38. The Hall–Kier alpha value is -1.71. The maximum Gasteiger partial charge on any atom is 0.149 e. The van der Waals surface area contributed by atoms with E-state index in [1.165, 1.54) is 4.68 Å². The molecule has 78 valence electrons. The fraction of sp³-hybridized carbons (Fsp3) is 0.182. The predicted molar refractivity (Wildman–Crippen MR) is 53.0 cm³/mol. The van der Waals surface area contributed by atoms with Crippen molar-refractivity contribution < 1.29 is 8.78 Å². The molecule has 0 atom stereocenters. The van der Waals surface area contributed by atoms with Crippen molar-refractivity contribution in [2.45, 2.75) is 13.8 Å². The molecule has 2 nitrogen and oxygen atoms in total. The molecule has 1 aromatic carbocycles. The topological polar surface area (TPSA) is 17.8 Å². The molecule has 0 amide bonds. The minimum absolute atomic E-state index is 0.139. The van der Waals surface area contributed by atoms with Crippen molar-refractivity contribution in [1.29, 1.82) is 0 Å². The number of rotatable bonds is 1. The Labute approximate surface area is 86.2 Å². The summed E-state index contributed by atoms with van der Waals surface area (Å²) in [5.41, 5.74) is 1.89. The van der Waals surface area contributed by atoms with Crippen molar-refractivity contribution in [3.63, 3.8) is 0 Å². The van der Waals surface area contributed by atoms with Gasteiger partial charge in [0.25, 0.3) is 0 Å². The van der Waals surface area contributed by atoms with Gasteiger partial charge < -0.3 is 0 Å². The van der Waals surface area contributed by atoms with Gasteiger partial charge in [0, 0.05) is 11.8 Å². The highest BCUT2D eigenvalue weighted by Gasteiger charge is 2.10. The van der Waals surface area contributed by atoms with Gasteiger partial charge in [-0.15, -0.1) is 0 Å². The maximum absolute atomic E-state index is 13.4. The number of nitrogens with zero attached hydrogens (tertiary/aromatic N) is 2. The Bertz CT molecular complexity index is 503. The first-order valence-corrected chi connectivity index (χ1v) is 4.56. The smallest absolute Gasteiger partial charge is 0.149 e. The summed E-state index contributed by atoms with van der Waals surface area (Å²) in [5, 5.41) is 4.00. The molecule has 4 heteroatoms. The minimum atomic E-state index is -0.484. The summed E-state index contributed by atoms with van der Waals surface area (Å²) in [6.07, 6.45) is 1.62.